The van der Waals surface area contributed by atoms with Gasteiger partial charge in [0.1, 0.15) is 5.75 Å². The number of benzene rings is 2. The second kappa shape index (κ2) is 10.6. The zero-order valence-electron chi connectivity index (χ0n) is 21.0. The number of aryl methyl sites for hydroxylation is 3. The van der Waals surface area contributed by atoms with Gasteiger partial charge in [0.05, 0.1) is 17.5 Å². The van der Waals surface area contributed by atoms with Crippen LogP contribution in [0.1, 0.15) is 43.2 Å². The van der Waals surface area contributed by atoms with E-state index in [0.717, 1.165) is 40.1 Å². The summed E-state index contributed by atoms with van der Waals surface area (Å²) in [6, 6.07) is 17.8. The number of carbonyl (C=O) groups is 1. The fourth-order valence-corrected chi connectivity index (χ4v) is 3.95. The van der Waals surface area contributed by atoms with E-state index in [1.807, 2.05) is 74.8 Å². The SMILES string of the molecule is CCc1ccc(-n2nc(C)c3c(C)cc(OCC(=O)NCc4ccc(OC(C)C)cc4)nc32)cc1. The van der Waals surface area contributed by atoms with Crippen LogP contribution in [-0.2, 0) is 17.8 Å². The van der Waals surface area contributed by atoms with Crippen LogP contribution in [0, 0.1) is 13.8 Å². The number of nitrogens with zero attached hydrogens (tertiary/aromatic N) is 3. The number of pyridine rings is 1. The van der Waals surface area contributed by atoms with Crippen LogP contribution in [-0.4, -0.2) is 33.4 Å². The summed E-state index contributed by atoms with van der Waals surface area (Å²) < 4.78 is 13.2. The molecule has 4 rings (SSSR count). The molecule has 1 amide bonds. The summed E-state index contributed by atoms with van der Waals surface area (Å²) in [6.45, 7) is 10.4. The summed E-state index contributed by atoms with van der Waals surface area (Å²) >= 11 is 0. The highest BCUT2D eigenvalue weighted by atomic mass is 16.5. The van der Waals surface area contributed by atoms with E-state index in [9.17, 15) is 4.79 Å². The van der Waals surface area contributed by atoms with E-state index < -0.39 is 0 Å². The highest BCUT2D eigenvalue weighted by Crippen LogP contribution is 2.27. The van der Waals surface area contributed by atoms with Crippen molar-refractivity contribution in [2.24, 2.45) is 0 Å². The van der Waals surface area contributed by atoms with E-state index in [0.29, 0.717) is 18.1 Å². The van der Waals surface area contributed by atoms with Crippen molar-refractivity contribution in [1.29, 1.82) is 0 Å². The molecule has 0 saturated carbocycles. The van der Waals surface area contributed by atoms with E-state index >= 15 is 0 Å². The van der Waals surface area contributed by atoms with Crippen LogP contribution in [0.15, 0.2) is 54.6 Å². The third-order valence-electron chi connectivity index (χ3n) is 5.71. The predicted octanol–water partition coefficient (Wildman–Crippen LogP) is 5.08. The number of carbonyl (C=O) groups excluding carboxylic acids is 1. The summed E-state index contributed by atoms with van der Waals surface area (Å²) in [4.78, 5) is 17.1. The van der Waals surface area contributed by atoms with Crippen molar-refractivity contribution < 1.29 is 14.3 Å². The van der Waals surface area contributed by atoms with Gasteiger partial charge >= 0.3 is 0 Å². The number of amides is 1. The number of aromatic nitrogens is 3. The first kappa shape index (κ1) is 24.3. The molecule has 182 valence electrons. The molecule has 0 bridgehead atoms. The maximum atomic E-state index is 12.4. The van der Waals surface area contributed by atoms with Crippen LogP contribution in [0.2, 0.25) is 0 Å². The molecular formula is C28H32N4O3. The summed E-state index contributed by atoms with van der Waals surface area (Å²) in [5, 5.41) is 8.58. The molecule has 7 heteroatoms. The van der Waals surface area contributed by atoms with Crippen LogP contribution < -0.4 is 14.8 Å². The van der Waals surface area contributed by atoms with E-state index in [1.54, 1.807) is 0 Å². The summed E-state index contributed by atoms with van der Waals surface area (Å²) in [5.74, 6) is 0.990. The maximum absolute atomic E-state index is 12.4. The largest absolute Gasteiger partial charge is 0.491 e. The summed E-state index contributed by atoms with van der Waals surface area (Å²) in [5.41, 5.74) is 5.80. The molecule has 1 N–H and O–H groups in total. The van der Waals surface area contributed by atoms with Crippen molar-refractivity contribution in [3.05, 3.63) is 77.0 Å². The number of hydrogen-bond acceptors (Lipinski definition) is 5. The molecule has 0 spiro atoms. The van der Waals surface area contributed by atoms with Gasteiger partial charge in [0, 0.05) is 18.0 Å². The minimum atomic E-state index is -0.216. The Morgan fingerprint density at radius 2 is 1.71 bits per heavy atom. The summed E-state index contributed by atoms with van der Waals surface area (Å²) in [7, 11) is 0. The van der Waals surface area contributed by atoms with Gasteiger partial charge in [-0.25, -0.2) is 4.68 Å². The van der Waals surface area contributed by atoms with Crippen molar-refractivity contribution in [2.75, 3.05) is 6.61 Å². The highest BCUT2D eigenvalue weighted by Gasteiger charge is 2.15. The minimum absolute atomic E-state index is 0.120. The molecule has 0 aliphatic rings. The van der Waals surface area contributed by atoms with E-state index in [2.05, 4.69) is 29.4 Å². The Bertz CT molecular complexity index is 1310. The Kier molecular flexibility index (Phi) is 7.34. The number of hydrogen-bond donors (Lipinski definition) is 1. The Morgan fingerprint density at radius 3 is 2.37 bits per heavy atom. The van der Waals surface area contributed by atoms with Gasteiger partial charge in [-0.2, -0.15) is 10.1 Å². The molecule has 4 aromatic rings. The van der Waals surface area contributed by atoms with E-state index in [-0.39, 0.29) is 18.6 Å². The average molecular weight is 473 g/mol. The Hall–Kier alpha value is -3.87. The van der Waals surface area contributed by atoms with E-state index in [1.165, 1.54) is 5.56 Å². The summed E-state index contributed by atoms with van der Waals surface area (Å²) in [6.07, 6.45) is 1.10. The number of fused-ring (bicyclic) bond motifs is 1. The molecule has 0 unspecified atom stereocenters. The first-order chi connectivity index (χ1) is 16.8. The minimum Gasteiger partial charge on any atom is -0.491 e. The lowest BCUT2D eigenvalue weighted by molar-refractivity contribution is -0.123. The molecule has 0 fully saturated rings. The van der Waals surface area contributed by atoms with Gasteiger partial charge in [-0.1, -0.05) is 31.2 Å². The molecule has 35 heavy (non-hydrogen) atoms. The zero-order chi connectivity index (χ0) is 24.9. The first-order valence-electron chi connectivity index (χ1n) is 12.0. The molecule has 2 aromatic heterocycles. The molecule has 0 aliphatic heterocycles. The Labute approximate surface area is 206 Å². The van der Waals surface area contributed by atoms with Crippen LogP contribution in [0.4, 0.5) is 0 Å². The van der Waals surface area contributed by atoms with E-state index in [4.69, 9.17) is 14.6 Å². The molecule has 0 aliphatic carbocycles. The Balaban J connectivity index is 1.43. The van der Waals surface area contributed by atoms with Crippen molar-refractivity contribution in [1.82, 2.24) is 20.1 Å². The second-order valence-corrected chi connectivity index (χ2v) is 8.87. The van der Waals surface area contributed by atoms with Gasteiger partial charge in [0.2, 0.25) is 5.88 Å². The average Bonchev–Trinajstić information content (AvgIpc) is 3.18. The standard InChI is InChI=1S/C28H32N4O3/c1-6-21-7-11-23(12-8-21)32-28-27(20(5)31-32)19(4)15-26(30-28)34-17-25(33)29-16-22-9-13-24(14-10-22)35-18(2)3/h7-15,18H,6,16-17H2,1-5H3,(H,29,33). The predicted molar refractivity (Wildman–Crippen MR) is 137 cm³/mol. The molecule has 2 heterocycles. The number of nitrogens with one attached hydrogen (secondary N) is 1. The molecular weight excluding hydrogens is 440 g/mol. The lowest BCUT2D eigenvalue weighted by Crippen LogP contribution is -2.28. The van der Waals surface area contributed by atoms with Crippen LogP contribution in [0.3, 0.4) is 0 Å². The van der Waals surface area contributed by atoms with Gasteiger partial charge in [0.15, 0.2) is 12.3 Å². The number of ether oxygens (including phenoxy) is 2. The van der Waals surface area contributed by atoms with Crippen molar-refractivity contribution in [2.45, 2.75) is 53.7 Å². The van der Waals surface area contributed by atoms with Crippen molar-refractivity contribution in [3.63, 3.8) is 0 Å². The fraction of sp³-hybridized carbons (Fsp3) is 0.321. The highest BCUT2D eigenvalue weighted by molar-refractivity contribution is 5.84. The van der Waals surface area contributed by atoms with Gasteiger partial charge in [0.25, 0.3) is 5.91 Å². The first-order valence-corrected chi connectivity index (χ1v) is 12.0. The van der Waals surface area contributed by atoms with Crippen LogP contribution in [0.5, 0.6) is 11.6 Å². The monoisotopic (exact) mass is 472 g/mol. The lowest BCUT2D eigenvalue weighted by atomic mass is 10.1. The van der Waals surface area contributed by atoms with Gasteiger partial charge in [-0.15, -0.1) is 0 Å². The van der Waals surface area contributed by atoms with Crippen molar-refractivity contribution in [3.8, 4) is 17.3 Å². The van der Waals surface area contributed by atoms with Crippen LogP contribution >= 0.6 is 0 Å². The Morgan fingerprint density at radius 1 is 1.03 bits per heavy atom. The molecule has 7 nitrogen and oxygen atoms in total. The smallest absolute Gasteiger partial charge is 0.258 e. The normalized spacial score (nSPS) is 11.1. The van der Waals surface area contributed by atoms with Gasteiger partial charge < -0.3 is 14.8 Å². The van der Waals surface area contributed by atoms with Crippen LogP contribution in [0.25, 0.3) is 16.7 Å². The zero-order valence-corrected chi connectivity index (χ0v) is 21.0. The molecule has 0 atom stereocenters. The molecule has 2 aromatic carbocycles. The topological polar surface area (TPSA) is 78.3 Å². The lowest BCUT2D eigenvalue weighted by Gasteiger charge is -2.11. The van der Waals surface area contributed by atoms with Gasteiger partial charge in [-0.3, -0.25) is 4.79 Å². The molecule has 0 saturated heterocycles. The fourth-order valence-electron chi connectivity index (χ4n) is 3.95. The molecule has 0 radical (unpaired) electrons. The van der Waals surface area contributed by atoms with Gasteiger partial charge in [-0.05, 0) is 75.1 Å². The second-order valence-electron chi connectivity index (χ2n) is 8.87. The van der Waals surface area contributed by atoms with Crippen molar-refractivity contribution >= 4 is 16.9 Å². The third kappa shape index (κ3) is 5.80. The number of rotatable bonds is 9. The maximum Gasteiger partial charge on any atom is 0.258 e. The quantitative estimate of drug-likeness (QED) is 0.367. The third-order valence-corrected chi connectivity index (χ3v) is 5.71.